The Hall–Kier alpha value is -2.96. The first-order valence-electron chi connectivity index (χ1n) is 7.81. The molecule has 0 bridgehead atoms. The molecular formula is C18H19FN2O4. The van der Waals surface area contributed by atoms with Crippen molar-refractivity contribution in [2.45, 2.75) is 25.9 Å². The average molecular weight is 346 g/mol. The van der Waals surface area contributed by atoms with Crippen LogP contribution in [0.5, 0.6) is 5.75 Å². The number of nitrogens with zero attached hydrogens (tertiary/aromatic N) is 1. The molecule has 2 aromatic rings. The zero-order valence-corrected chi connectivity index (χ0v) is 13.9. The van der Waals surface area contributed by atoms with Gasteiger partial charge in [-0.25, -0.2) is 4.39 Å². The Morgan fingerprint density at radius 2 is 1.92 bits per heavy atom. The van der Waals surface area contributed by atoms with E-state index in [0.29, 0.717) is 6.54 Å². The molecule has 0 unspecified atom stereocenters. The molecule has 1 N–H and O–H groups in total. The highest BCUT2D eigenvalue weighted by Gasteiger charge is 2.22. The summed E-state index contributed by atoms with van der Waals surface area (Å²) < 4.78 is 18.6. The van der Waals surface area contributed by atoms with E-state index >= 15 is 0 Å². The van der Waals surface area contributed by atoms with Crippen LogP contribution < -0.4 is 10.1 Å². The third kappa shape index (κ3) is 5.00. The summed E-state index contributed by atoms with van der Waals surface area (Å²) >= 11 is 0. The molecule has 0 aromatic heterocycles. The number of ether oxygens (including phenoxy) is 1. The standard InChI is InChI=1S/C18H19FN2O4/c1-12(14-6-4-3-5-7-14)11-20-18(22)13(2)25-17-10-15(19)8-9-16(17)21(23)24/h3-10,12-13H,11H2,1-2H3,(H,20,22)/t12-,13+/m1/s1. The van der Waals surface area contributed by atoms with Gasteiger partial charge in [0.05, 0.1) is 4.92 Å². The number of hydrogen-bond donors (Lipinski definition) is 1. The lowest BCUT2D eigenvalue weighted by molar-refractivity contribution is -0.386. The highest BCUT2D eigenvalue weighted by molar-refractivity contribution is 5.80. The number of nitrogens with one attached hydrogen (secondary N) is 1. The number of carbonyl (C=O) groups excluding carboxylic acids is 1. The van der Waals surface area contributed by atoms with Crippen molar-refractivity contribution < 1.29 is 18.8 Å². The minimum atomic E-state index is -0.997. The van der Waals surface area contributed by atoms with Gasteiger partial charge in [0.25, 0.3) is 5.91 Å². The molecule has 0 heterocycles. The molecule has 0 fully saturated rings. The third-order valence-corrected chi connectivity index (χ3v) is 3.74. The van der Waals surface area contributed by atoms with E-state index in [0.717, 1.165) is 23.8 Å². The number of halogens is 1. The molecule has 2 atom stereocenters. The third-order valence-electron chi connectivity index (χ3n) is 3.74. The second-order valence-electron chi connectivity index (χ2n) is 5.69. The molecular weight excluding hydrogens is 327 g/mol. The molecule has 0 aliphatic carbocycles. The lowest BCUT2D eigenvalue weighted by Gasteiger charge is -2.17. The molecule has 0 radical (unpaired) electrons. The smallest absolute Gasteiger partial charge is 0.311 e. The van der Waals surface area contributed by atoms with Crippen molar-refractivity contribution in [3.05, 3.63) is 70.0 Å². The summed E-state index contributed by atoms with van der Waals surface area (Å²) in [4.78, 5) is 22.4. The Morgan fingerprint density at radius 1 is 1.24 bits per heavy atom. The summed E-state index contributed by atoms with van der Waals surface area (Å²) in [6, 6.07) is 12.6. The quantitative estimate of drug-likeness (QED) is 0.615. The summed E-state index contributed by atoms with van der Waals surface area (Å²) in [5.74, 6) is -1.28. The van der Waals surface area contributed by atoms with Crippen molar-refractivity contribution in [2.75, 3.05) is 6.54 Å². The maximum atomic E-state index is 13.3. The van der Waals surface area contributed by atoms with Crippen LogP contribution in [0.25, 0.3) is 0 Å². The van der Waals surface area contributed by atoms with Crippen molar-refractivity contribution >= 4 is 11.6 Å². The predicted octanol–water partition coefficient (Wildman–Crippen LogP) is 3.42. The first-order chi connectivity index (χ1) is 11.9. The summed E-state index contributed by atoms with van der Waals surface area (Å²) in [7, 11) is 0. The lowest BCUT2D eigenvalue weighted by Crippen LogP contribution is -2.38. The van der Waals surface area contributed by atoms with E-state index < -0.39 is 28.4 Å². The second kappa shape index (κ2) is 8.23. The van der Waals surface area contributed by atoms with E-state index in [1.165, 1.54) is 6.92 Å². The molecule has 0 aliphatic rings. The molecule has 2 rings (SSSR count). The van der Waals surface area contributed by atoms with Crippen molar-refractivity contribution in [1.82, 2.24) is 5.32 Å². The zero-order chi connectivity index (χ0) is 18.4. The fourth-order valence-electron chi connectivity index (χ4n) is 2.27. The van der Waals surface area contributed by atoms with Crippen LogP contribution in [0.3, 0.4) is 0 Å². The average Bonchev–Trinajstić information content (AvgIpc) is 2.59. The van der Waals surface area contributed by atoms with Crippen LogP contribution in [0.15, 0.2) is 48.5 Å². The van der Waals surface area contributed by atoms with Crippen molar-refractivity contribution in [3.63, 3.8) is 0 Å². The molecule has 6 nitrogen and oxygen atoms in total. The Labute approximate surface area is 144 Å². The highest BCUT2D eigenvalue weighted by atomic mass is 19.1. The predicted molar refractivity (Wildman–Crippen MR) is 91.0 cm³/mol. The van der Waals surface area contributed by atoms with Crippen LogP contribution in [-0.2, 0) is 4.79 Å². The van der Waals surface area contributed by atoms with E-state index in [4.69, 9.17) is 4.74 Å². The van der Waals surface area contributed by atoms with Gasteiger partial charge in [0.15, 0.2) is 6.10 Å². The second-order valence-corrected chi connectivity index (χ2v) is 5.69. The fourth-order valence-corrected chi connectivity index (χ4v) is 2.27. The highest BCUT2D eigenvalue weighted by Crippen LogP contribution is 2.28. The van der Waals surface area contributed by atoms with Gasteiger partial charge in [0.1, 0.15) is 5.82 Å². The topological polar surface area (TPSA) is 81.5 Å². The number of carbonyl (C=O) groups is 1. The van der Waals surface area contributed by atoms with E-state index in [2.05, 4.69) is 5.32 Å². The first-order valence-corrected chi connectivity index (χ1v) is 7.81. The van der Waals surface area contributed by atoms with Crippen LogP contribution in [0, 0.1) is 15.9 Å². The minimum Gasteiger partial charge on any atom is -0.474 e. The van der Waals surface area contributed by atoms with Crippen molar-refractivity contribution in [3.8, 4) is 5.75 Å². The fraction of sp³-hybridized carbons (Fsp3) is 0.278. The van der Waals surface area contributed by atoms with Crippen LogP contribution in [0.2, 0.25) is 0 Å². The summed E-state index contributed by atoms with van der Waals surface area (Å²) in [5.41, 5.74) is 0.691. The largest absolute Gasteiger partial charge is 0.474 e. The zero-order valence-electron chi connectivity index (χ0n) is 13.9. The minimum absolute atomic E-state index is 0.0980. The Balaban J connectivity index is 1.97. The summed E-state index contributed by atoms with van der Waals surface area (Å²) in [5, 5.41) is 13.7. The van der Waals surface area contributed by atoms with E-state index in [1.807, 2.05) is 37.3 Å². The van der Waals surface area contributed by atoms with Gasteiger partial charge in [-0.05, 0) is 24.5 Å². The molecule has 25 heavy (non-hydrogen) atoms. The number of amides is 1. The molecule has 0 saturated heterocycles. The van der Waals surface area contributed by atoms with Gasteiger partial charge in [-0.1, -0.05) is 37.3 Å². The van der Waals surface area contributed by atoms with Gasteiger partial charge in [-0.3, -0.25) is 14.9 Å². The normalized spacial score (nSPS) is 12.9. The van der Waals surface area contributed by atoms with Crippen LogP contribution in [0.1, 0.15) is 25.3 Å². The molecule has 0 aliphatic heterocycles. The Bertz CT molecular complexity index is 752. The Kier molecular flexibility index (Phi) is 6.05. The van der Waals surface area contributed by atoms with Crippen LogP contribution >= 0.6 is 0 Å². The number of benzene rings is 2. The van der Waals surface area contributed by atoms with Gasteiger partial charge in [0, 0.05) is 18.7 Å². The lowest BCUT2D eigenvalue weighted by atomic mass is 10.0. The summed E-state index contributed by atoms with van der Waals surface area (Å²) in [6.45, 7) is 3.82. The van der Waals surface area contributed by atoms with Crippen LogP contribution in [0.4, 0.5) is 10.1 Å². The van der Waals surface area contributed by atoms with E-state index in [9.17, 15) is 19.3 Å². The van der Waals surface area contributed by atoms with Crippen molar-refractivity contribution in [2.24, 2.45) is 0 Å². The summed E-state index contributed by atoms with van der Waals surface area (Å²) in [6.07, 6.45) is -0.997. The van der Waals surface area contributed by atoms with Gasteiger partial charge in [-0.15, -0.1) is 0 Å². The maximum absolute atomic E-state index is 13.3. The number of hydrogen-bond acceptors (Lipinski definition) is 4. The number of nitro groups is 1. The van der Waals surface area contributed by atoms with Gasteiger partial charge in [-0.2, -0.15) is 0 Å². The molecule has 0 spiro atoms. The molecule has 2 aromatic carbocycles. The van der Waals surface area contributed by atoms with E-state index in [-0.39, 0.29) is 11.7 Å². The number of rotatable bonds is 7. The van der Waals surface area contributed by atoms with Gasteiger partial charge in [0.2, 0.25) is 5.75 Å². The SMILES string of the molecule is C[C@H](Oc1cc(F)ccc1[N+](=O)[O-])C(=O)NC[C@@H](C)c1ccccc1. The van der Waals surface area contributed by atoms with Crippen molar-refractivity contribution in [1.29, 1.82) is 0 Å². The van der Waals surface area contributed by atoms with Gasteiger partial charge >= 0.3 is 5.69 Å². The van der Waals surface area contributed by atoms with E-state index in [1.54, 1.807) is 0 Å². The van der Waals surface area contributed by atoms with Gasteiger partial charge < -0.3 is 10.1 Å². The number of nitro benzene ring substituents is 1. The Morgan fingerprint density at radius 3 is 2.56 bits per heavy atom. The van der Waals surface area contributed by atoms with Crippen LogP contribution in [-0.4, -0.2) is 23.5 Å². The molecule has 1 amide bonds. The monoisotopic (exact) mass is 346 g/mol. The molecule has 7 heteroatoms. The first kappa shape index (κ1) is 18.4. The molecule has 0 saturated carbocycles. The molecule has 132 valence electrons. The maximum Gasteiger partial charge on any atom is 0.311 e.